The number of hydrogen-bond acceptors (Lipinski definition) is 2. The van der Waals surface area contributed by atoms with Crippen LogP contribution >= 0.6 is 0 Å². The Labute approximate surface area is 90.1 Å². The molecule has 0 fully saturated rings. The van der Waals surface area contributed by atoms with Crippen LogP contribution in [-0.4, -0.2) is 16.8 Å². The normalized spacial score (nSPS) is 11.5. The molecule has 0 aliphatic rings. The monoisotopic (exact) mass is 203 g/mol. The predicted molar refractivity (Wildman–Crippen MR) is 62.9 cm³/mol. The van der Waals surface area contributed by atoms with Gasteiger partial charge in [0.1, 0.15) is 0 Å². The zero-order valence-electron chi connectivity index (χ0n) is 9.49. The molecule has 2 aromatic rings. The average Bonchev–Trinajstić information content (AvgIpc) is 2.63. The molecule has 3 nitrogen and oxygen atoms in total. The van der Waals surface area contributed by atoms with E-state index in [-0.39, 0.29) is 0 Å². The van der Waals surface area contributed by atoms with Gasteiger partial charge in [-0.05, 0) is 26.5 Å². The van der Waals surface area contributed by atoms with Gasteiger partial charge < -0.3 is 5.32 Å². The topological polar surface area (TPSA) is 29.9 Å². The van der Waals surface area contributed by atoms with Crippen molar-refractivity contribution in [3.63, 3.8) is 0 Å². The fraction of sp³-hybridized carbons (Fsp3) is 0.417. The van der Waals surface area contributed by atoms with E-state index < -0.39 is 0 Å². The van der Waals surface area contributed by atoms with E-state index in [1.165, 1.54) is 10.9 Å². The second-order valence-electron chi connectivity index (χ2n) is 4.09. The molecule has 1 aromatic carbocycles. The fourth-order valence-electron chi connectivity index (χ4n) is 1.72. The molecule has 1 N–H and O–H groups in total. The maximum atomic E-state index is 4.61. The summed E-state index contributed by atoms with van der Waals surface area (Å²) in [4.78, 5) is 0. The Bertz CT molecular complexity index is 457. The summed E-state index contributed by atoms with van der Waals surface area (Å²) in [6.07, 6.45) is 2.11. The van der Waals surface area contributed by atoms with Crippen LogP contribution in [0.1, 0.15) is 25.5 Å². The first-order chi connectivity index (χ1) is 7.22. The number of fused-ring (bicyclic) bond motifs is 1. The Morgan fingerprint density at radius 1 is 1.40 bits per heavy atom. The van der Waals surface area contributed by atoms with E-state index in [0.717, 1.165) is 12.1 Å². The van der Waals surface area contributed by atoms with Crippen LogP contribution in [0.3, 0.4) is 0 Å². The molecule has 0 amide bonds. The molecule has 0 aliphatic heterocycles. The smallest absolute Gasteiger partial charge is 0.0968 e. The number of rotatable bonds is 3. The third kappa shape index (κ3) is 1.88. The summed E-state index contributed by atoms with van der Waals surface area (Å²) >= 11 is 0. The molecule has 0 spiro atoms. The fourth-order valence-corrected chi connectivity index (χ4v) is 1.72. The maximum Gasteiger partial charge on any atom is 0.0968 e. The molecule has 3 heteroatoms. The summed E-state index contributed by atoms with van der Waals surface area (Å²) in [6.45, 7) is 5.15. The second kappa shape index (κ2) is 4.03. The van der Waals surface area contributed by atoms with E-state index >= 15 is 0 Å². The van der Waals surface area contributed by atoms with Crippen LogP contribution in [0.5, 0.6) is 0 Å². The van der Waals surface area contributed by atoms with Crippen molar-refractivity contribution in [2.75, 3.05) is 7.05 Å². The first kappa shape index (κ1) is 10.2. The van der Waals surface area contributed by atoms with Crippen LogP contribution in [-0.2, 0) is 6.54 Å². The third-order valence-corrected chi connectivity index (χ3v) is 2.53. The molecule has 1 heterocycles. The summed E-state index contributed by atoms with van der Waals surface area (Å²) < 4.78 is 2.02. The highest BCUT2D eigenvalue weighted by Gasteiger charge is 2.06. The van der Waals surface area contributed by atoms with Gasteiger partial charge in [-0.2, -0.15) is 5.10 Å². The van der Waals surface area contributed by atoms with Gasteiger partial charge in [-0.15, -0.1) is 0 Å². The van der Waals surface area contributed by atoms with Crippen LogP contribution in [0.15, 0.2) is 24.4 Å². The highest BCUT2D eigenvalue weighted by Crippen LogP contribution is 2.18. The SMILES string of the molecule is CNCc1cccc2cn(C(C)C)nc12. The highest BCUT2D eigenvalue weighted by molar-refractivity contribution is 5.81. The lowest BCUT2D eigenvalue weighted by Crippen LogP contribution is -2.06. The summed E-state index contributed by atoms with van der Waals surface area (Å²) in [5.41, 5.74) is 2.37. The van der Waals surface area contributed by atoms with Gasteiger partial charge in [0, 0.05) is 24.2 Å². The lowest BCUT2D eigenvalue weighted by atomic mass is 10.1. The van der Waals surface area contributed by atoms with Gasteiger partial charge in [-0.1, -0.05) is 18.2 Å². The van der Waals surface area contributed by atoms with Crippen LogP contribution in [0.4, 0.5) is 0 Å². The molecule has 0 unspecified atom stereocenters. The van der Waals surface area contributed by atoms with E-state index in [9.17, 15) is 0 Å². The van der Waals surface area contributed by atoms with E-state index in [2.05, 4.69) is 48.7 Å². The molecule has 0 aliphatic carbocycles. The third-order valence-electron chi connectivity index (χ3n) is 2.53. The first-order valence-corrected chi connectivity index (χ1v) is 5.33. The van der Waals surface area contributed by atoms with Gasteiger partial charge in [-0.3, -0.25) is 4.68 Å². The Kier molecular flexibility index (Phi) is 2.73. The number of benzene rings is 1. The Hall–Kier alpha value is -1.35. The minimum absolute atomic E-state index is 0.417. The van der Waals surface area contributed by atoms with Crippen molar-refractivity contribution in [2.24, 2.45) is 0 Å². The van der Waals surface area contributed by atoms with E-state index in [4.69, 9.17) is 0 Å². The standard InChI is InChI=1S/C12H17N3/c1-9(2)15-8-11-6-4-5-10(7-13-3)12(11)14-15/h4-6,8-9,13H,7H2,1-3H3. The van der Waals surface area contributed by atoms with Crippen molar-refractivity contribution in [3.05, 3.63) is 30.0 Å². The molecular formula is C12H17N3. The van der Waals surface area contributed by atoms with Crippen molar-refractivity contribution >= 4 is 10.9 Å². The molecule has 0 atom stereocenters. The maximum absolute atomic E-state index is 4.61. The van der Waals surface area contributed by atoms with Gasteiger partial charge in [0.25, 0.3) is 0 Å². The number of nitrogens with one attached hydrogen (secondary N) is 1. The van der Waals surface area contributed by atoms with Crippen molar-refractivity contribution in [3.8, 4) is 0 Å². The number of aromatic nitrogens is 2. The lowest BCUT2D eigenvalue weighted by molar-refractivity contribution is 0.537. The highest BCUT2D eigenvalue weighted by atomic mass is 15.3. The number of nitrogens with zero attached hydrogens (tertiary/aromatic N) is 2. The van der Waals surface area contributed by atoms with Crippen molar-refractivity contribution in [1.29, 1.82) is 0 Å². The quantitative estimate of drug-likeness (QED) is 0.829. The van der Waals surface area contributed by atoms with Crippen molar-refractivity contribution in [2.45, 2.75) is 26.4 Å². The Balaban J connectivity index is 2.54. The lowest BCUT2D eigenvalue weighted by Gasteiger charge is -2.03. The van der Waals surface area contributed by atoms with Gasteiger partial charge >= 0.3 is 0 Å². The van der Waals surface area contributed by atoms with Crippen LogP contribution in [0.2, 0.25) is 0 Å². The Morgan fingerprint density at radius 2 is 2.20 bits per heavy atom. The van der Waals surface area contributed by atoms with Crippen molar-refractivity contribution < 1.29 is 0 Å². The zero-order valence-corrected chi connectivity index (χ0v) is 9.49. The minimum atomic E-state index is 0.417. The van der Waals surface area contributed by atoms with E-state index in [1.54, 1.807) is 0 Å². The molecule has 15 heavy (non-hydrogen) atoms. The zero-order chi connectivity index (χ0) is 10.8. The molecular weight excluding hydrogens is 186 g/mol. The second-order valence-corrected chi connectivity index (χ2v) is 4.09. The first-order valence-electron chi connectivity index (χ1n) is 5.33. The number of hydrogen-bond donors (Lipinski definition) is 1. The summed E-state index contributed by atoms with van der Waals surface area (Å²) in [5, 5.41) is 8.99. The molecule has 0 saturated carbocycles. The molecule has 0 radical (unpaired) electrons. The molecule has 1 aromatic heterocycles. The average molecular weight is 203 g/mol. The minimum Gasteiger partial charge on any atom is -0.316 e. The van der Waals surface area contributed by atoms with Gasteiger partial charge in [0.05, 0.1) is 5.52 Å². The largest absolute Gasteiger partial charge is 0.316 e. The molecule has 0 bridgehead atoms. The van der Waals surface area contributed by atoms with Crippen LogP contribution in [0.25, 0.3) is 10.9 Å². The van der Waals surface area contributed by atoms with Crippen LogP contribution < -0.4 is 5.32 Å². The molecule has 2 rings (SSSR count). The Morgan fingerprint density at radius 3 is 2.87 bits per heavy atom. The molecule has 80 valence electrons. The predicted octanol–water partition coefficient (Wildman–Crippen LogP) is 2.34. The van der Waals surface area contributed by atoms with E-state index in [1.807, 2.05) is 11.7 Å². The van der Waals surface area contributed by atoms with Gasteiger partial charge in [0.15, 0.2) is 0 Å². The summed E-state index contributed by atoms with van der Waals surface area (Å²) in [6, 6.07) is 6.73. The van der Waals surface area contributed by atoms with Crippen molar-refractivity contribution in [1.82, 2.24) is 15.1 Å². The van der Waals surface area contributed by atoms with Crippen LogP contribution in [0, 0.1) is 0 Å². The molecule has 0 saturated heterocycles. The van der Waals surface area contributed by atoms with Gasteiger partial charge in [-0.25, -0.2) is 0 Å². The van der Waals surface area contributed by atoms with E-state index in [0.29, 0.717) is 6.04 Å². The summed E-state index contributed by atoms with van der Waals surface area (Å²) in [7, 11) is 1.96. The van der Waals surface area contributed by atoms with Gasteiger partial charge in [0.2, 0.25) is 0 Å². The summed E-state index contributed by atoms with van der Waals surface area (Å²) in [5.74, 6) is 0.